The van der Waals surface area contributed by atoms with Crippen LogP contribution in [0.3, 0.4) is 0 Å². The van der Waals surface area contributed by atoms with E-state index in [0.717, 1.165) is 16.9 Å². The second-order valence-corrected chi connectivity index (χ2v) is 7.64. The molecule has 4 rings (SSSR count). The van der Waals surface area contributed by atoms with E-state index in [4.69, 9.17) is 11.3 Å². The van der Waals surface area contributed by atoms with E-state index in [2.05, 4.69) is 9.94 Å². The molecule has 0 bridgehead atoms. The maximum absolute atomic E-state index is 12.6. The lowest BCUT2D eigenvalue weighted by molar-refractivity contribution is 0.0695. The third-order valence-corrected chi connectivity index (χ3v) is 5.72. The van der Waals surface area contributed by atoms with E-state index in [1.54, 1.807) is 40.7 Å². The maximum atomic E-state index is 12.6. The summed E-state index contributed by atoms with van der Waals surface area (Å²) in [6, 6.07) is 6.93. The van der Waals surface area contributed by atoms with Crippen LogP contribution in [-0.4, -0.2) is 37.6 Å². The second kappa shape index (κ2) is 7.97. The van der Waals surface area contributed by atoms with Gasteiger partial charge in [0.05, 0.1) is 43.2 Å². The smallest absolute Gasteiger partial charge is 0.341 e. The van der Waals surface area contributed by atoms with E-state index in [-0.39, 0.29) is 12.1 Å². The average Bonchev–Trinajstić information content (AvgIpc) is 3.40. The SMILES string of the molecule is [C-]#[N+]c1ccc(Cn2cc(Cn3c(=O)c(O)c(C(=O)O)c4sccc43)cn2)cc1OC. The molecular formula is C21H16N4O5S. The molecule has 31 heavy (non-hydrogen) atoms. The van der Waals surface area contributed by atoms with Gasteiger partial charge in [-0.05, 0) is 23.1 Å². The van der Waals surface area contributed by atoms with Crippen molar-refractivity contribution >= 4 is 33.2 Å². The first kappa shape index (κ1) is 20.2. The third kappa shape index (κ3) is 3.62. The molecule has 0 fully saturated rings. The standard InChI is InChI=1S/C21H16N4O5S/c1-22-14-4-3-12(7-16(14)30-2)9-24-10-13(8-23-24)11-25-15-5-6-31-19(15)17(21(28)29)18(26)20(25)27/h3-8,10,26H,9,11H2,2H3,(H,28,29). The Labute approximate surface area is 179 Å². The maximum Gasteiger partial charge on any atom is 0.341 e. The van der Waals surface area contributed by atoms with Crippen molar-refractivity contribution in [2.45, 2.75) is 13.1 Å². The molecule has 3 heterocycles. The molecule has 0 saturated carbocycles. The van der Waals surface area contributed by atoms with Gasteiger partial charge >= 0.3 is 5.97 Å². The van der Waals surface area contributed by atoms with Crippen LogP contribution in [0, 0.1) is 6.57 Å². The number of hydrogen-bond acceptors (Lipinski definition) is 6. The van der Waals surface area contributed by atoms with Gasteiger partial charge in [0.1, 0.15) is 11.3 Å². The van der Waals surface area contributed by atoms with E-state index in [1.165, 1.54) is 11.7 Å². The molecule has 0 atom stereocenters. The van der Waals surface area contributed by atoms with Crippen molar-refractivity contribution < 1.29 is 19.7 Å². The fraction of sp³-hybridized carbons (Fsp3) is 0.143. The minimum absolute atomic E-state index is 0.125. The lowest BCUT2D eigenvalue weighted by atomic mass is 10.2. The summed E-state index contributed by atoms with van der Waals surface area (Å²) in [4.78, 5) is 27.5. The van der Waals surface area contributed by atoms with Crippen molar-refractivity contribution in [1.82, 2.24) is 14.3 Å². The zero-order valence-electron chi connectivity index (χ0n) is 16.3. The fourth-order valence-electron chi connectivity index (χ4n) is 3.37. The molecule has 0 aliphatic carbocycles. The van der Waals surface area contributed by atoms with Crippen molar-refractivity contribution in [2.75, 3.05) is 7.11 Å². The van der Waals surface area contributed by atoms with Gasteiger partial charge in [0.15, 0.2) is 5.75 Å². The first-order valence-electron chi connectivity index (χ1n) is 9.05. The molecule has 0 amide bonds. The van der Waals surface area contributed by atoms with Crippen molar-refractivity contribution in [3.63, 3.8) is 0 Å². The zero-order chi connectivity index (χ0) is 22.1. The Kier molecular flexibility index (Phi) is 5.19. The molecule has 1 aromatic carbocycles. The third-order valence-electron chi connectivity index (χ3n) is 4.80. The number of carboxylic acid groups (broad SMARTS) is 1. The summed E-state index contributed by atoms with van der Waals surface area (Å²) in [5, 5.41) is 25.5. The van der Waals surface area contributed by atoms with Crippen LogP contribution in [0.5, 0.6) is 11.5 Å². The van der Waals surface area contributed by atoms with E-state index >= 15 is 0 Å². The van der Waals surface area contributed by atoms with Crippen LogP contribution in [0.1, 0.15) is 21.5 Å². The van der Waals surface area contributed by atoms with Crippen LogP contribution < -0.4 is 10.3 Å². The summed E-state index contributed by atoms with van der Waals surface area (Å²) in [6.45, 7) is 7.71. The number of benzene rings is 1. The molecule has 0 aliphatic rings. The van der Waals surface area contributed by atoms with Gasteiger partial charge in [0, 0.05) is 11.8 Å². The van der Waals surface area contributed by atoms with Gasteiger partial charge < -0.3 is 14.9 Å². The highest BCUT2D eigenvalue weighted by molar-refractivity contribution is 7.17. The fourth-order valence-corrected chi connectivity index (χ4v) is 4.30. The molecule has 0 saturated heterocycles. The van der Waals surface area contributed by atoms with Crippen LogP contribution >= 0.6 is 11.3 Å². The highest BCUT2D eigenvalue weighted by Gasteiger charge is 2.22. The molecule has 10 heteroatoms. The minimum Gasteiger partial charge on any atom is -0.508 e. The van der Waals surface area contributed by atoms with E-state index in [0.29, 0.717) is 33.8 Å². The van der Waals surface area contributed by atoms with Crippen LogP contribution in [0.2, 0.25) is 0 Å². The van der Waals surface area contributed by atoms with Gasteiger partial charge in [-0.3, -0.25) is 14.0 Å². The number of ether oxygens (including phenoxy) is 1. The van der Waals surface area contributed by atoms with Gasteiger partial charge in [-0.15, -0.1) is 11.3 Å². The highest BCUT2D eigenvalue weighted by Crippen LogP contribution is 2.30. The summed E-state index contributed by atoms with van der Waals surface area (Å²) in [7, 11) is 1.51. The number of methoxy groups -OCH3 is 1. The molecule has 2 N–H and O–H groups in total. The summed E-state index contributed by atoms with van der Waals surface area (Å²) < 4.78 is 8.59. The normalized spacial score (nSPS) is 10.8. The lowest BCUT2D eigenvalue weighted by Crippen LogP contribution is -2.22. The minimum atomic E-state index is -1.35. The van der Waals surface area contributed by atoms with Crippen molar-refractivity contribution in [1.29, 1.82) is 0 Å². The molecule has 0 unspecified atom stereocenters. The van der Waals surface area contributed by atoms with Crippen LogP contribution in [0.15, 0.2) is 46.8 Å². The summed E-state index contributed by atoms with van der Waals surface area (Å²) in [6.07, 6.45) is 3.37. The molecule has 3 aromatic heterocycles. The van der Waals surface area contributed by atoms with E-state index < -0.39 is 17.3 Å². The van der Waals surface area contributed by atoms with E-state index in [1.807, 2.05) is 6.07 Å². The van der Waals surface area contributed by atoms with E-state index in [9.17, 15) is 19.8 Å². The van der Waals surface area contributed by atoms with Gasteiger partial charge in [0.25, 0.3) is 5.56 Å². The second-order valence-electron chi connectivity index (χ2n) is 6.72. The Morgan fingerprint density at radius 3 is 2.81 bits per heavy atom. The Morgan fingerprint density at radius 1 is 1.29 bits per heavy atom. The van der Waals surface area contributed by atoms with Crippen LogP contribution in [-0.2, 0) is 13.1 Å². The van der Waals surface area contributed by atoms with Gasteiger partial charge in [0.2, 0.25) is 5.69 Å². The Morgan fingerprint density at radius 2 is 2.10 bits per heavy atom. The van der Waals surface area contributed by atoms with Crippen LogP contribution in [0.25, 0.3) is 15.1 Å². The number of fused-ring (bicyclic) bond motifs is 1. The lowest BCUT2D eigenvalue weighted by Gasteiger charge is -2.10. The summed E-state index contributed by atoms with van der Waals surface area (Å²) in [5.41, 5.74) is 1.32. The number of thiophene rings is 1. The van der Waals surface area contributed by atoms with Crippen molar-refractivity contribution in [3.8, 4) is 11.5 Å². The number of aromatic hydroxyl groups is 1. The Hall–Kier alpha value is -4.10. The topological polar surface area (TPSA) is 111 Å². The average molecular weight is 436 g/mol. The number of hydrogen-bond donors (Lipinski definition) is 2. The predicted octanol–water partition coefficient (Wildman–Crippen LogP) is 3.32. The highest BCUT2D eigenvalue weighted by atomic mass is 32.1. The monoisotopic (exact) mass is 436 g/mol. The number of aromatic nitrogens is 3. The molecular weight excluding hydrogens is 420 g/mol. The molecule has 156 valence electrons. The quantitative estimate of drug-likeness (QED) is 0.449. The van der Waals surface area contributed by atoms with Crippen LogP contribution in [0.4, 0.5) is 5.69 Å². The number of carbonyl (C=O) groups is 1. The molecule has 9 nitrogen and oxygen atoms in total. The number of carboxylic acids is 1. The van der Waals surface area contributed by atoms with Gasteiger partial charge in [-0.1, -0.05) is 12.1 Å². The zero-order valence-corrected chi connectivity index (χ0v) is 17.1. The Balaban J connectivity index is 1.64. The molecule has 0 spiro atoms. The number of pyridine rings is 1. The largest absolute Gasteiger partial charge is 0.508 e. The van der Waals surface area contributed by atoms with Gasteiger partial charge in [-0.2, -0.15) is 5.10 Å². The summed E-state index contributed by atoms with van der Waals surface area (Å²) >= 11 is 1.15. The molecule has 0 radical (unpaired) electrons. The van der Waals surface area contributed by atoms with Crippen molar-refractivity contribution in [3.05, 3.63) is 80.5 Å². The van der Waals surface area contributed by atoms with Gasteiger partial charge in [-0.25, -0.2) is 9.64 Å². The molecule has 0 aliphatic heterocycles. The number of rotatable bonds is 6. The number of nitrogens with zero attached hydrogens (tertiary/aromatic N) is 4. The first-order chi connectivity index (χ1) is 14.9. The number of aromatic carboxylic acids is 1. The predicted molar refractivity (Wildman–Crippen MR) is 114 cm³/mol. The van der Waals surface area contributed by atoms with Crippen molar-refractivity contribution in [2.24, 2.45) is 0 Å². The first-order valence-corrected chi connectivity index (χ1v) is 9.93. The Bertz CT molecular complexity index is 1410. The molecule has 4 aromatic rings. The summed E-state index contributed by atoms with van der Waals surface area (Å²) in [5.74, 6) is -1.64.